The van der Waals surface area contributed by atoms with E-state index in [0.29, 0.717) is 19.1 Å². The summed E-state index contributed by atoms with van der Waals surface area (Å²) in [6.45, 7) is 4.78. The number of fused-ring (bicyclic) bond motifs is 1. The van der Waals surface area contributed by atoms with Crippen LogP contribution in [0, 0.1) is 41.2 Å². The molecule has 3 saturated carbocycles. The average molecular weight is 553 g/mol. The van der Waals surface area contributed by atoms with Crippen molar-refractivity contribution >= 4 is 0 Å². The molecule has 2 aromatic carbocycles. The lowest BCUT2D eigenvalue weighted by molar-refractivity contribution is 0.107. The number of aryl methyl sites for hydroxylation is 1. The molecule has 0 aliphatic heterocycles. The first kappa shape index (κ1) is 29.4. The lowest BCUT2D eigenvalue weighted by Gasteiger charge is -2.43. The Morgan fingerprint density at radius 2 is 1.25 bits per heavy atom. The van der Waals surface area contributed by atoms with Gasteiger partial charge in [0.15, 0.2) is 11.5 Å². The van der Waals surface area contributed by atoms with Gasteiger partial charge in [0.25, 0.3) is 0 Å². The molecule has 0 spiro atoms. The number of hydrogen-bond donors (Lipinski definition) is 0. The summed E-state index contributed by atoms with van der Waals surface area (Å²) in [6, 6.07) is 12.5. The minimum Gasteiger partial charge on any atom is -0.491 e. The summed E-state index contributed by atoms with van der Waals surface area (Å²) in [5.74, 6) is 2.89. The fourth-order valence-corrected chi connectivity index (χ4v) is 8.05. The molecule has 5 rings (SSSR count). The van der Waals surface area contributed by atoms with Crippen LogP contribution in [-0.2, 0) is 6.42 Å². The van der Waals surface area contributed by atoms with E-state index in [1.807, 2.05) is 0 Å². The van der Waals surface area contributed by atoms with E-state index < -0.39 is 11.6 Å². The van der Waals surface area contributed by atoms with Crippen LogP contribution in [0.1, 0.15) is 114 Å². The Balaban J connectivity index is 0.995. The van der Waals surface area contributed by atoms with Gasteiger partial charge >= 0.3 is 0 Å². The van der Waals surface area contributed by atoms with Crippen molar-refractivity contribution in [2.45, 2.75) is 110 Å². The van der Waals surface area contributed by atoms with Crippen LogP contribution in [0.25, 0.3) is 0 Å². The van der Waals surface area contributed by atoms with Crippen LogP contribution in [0.3, 0.4) is 0 Å². The van der Waals surface area contributed by atoms with Gasteiger partial charge in [0, 0.05) is 0 Å². The van der Waals surface area contributed by atoms with E-state index in [9.17, 15) is 8.78 Å². The highest BCUT2D eigenvalue weighted by molar-refractivity contribution is 5.35. The molecule has 0 amide bonds. The molecule has 0 aromatic heterocycles. The number of benzene rings is 2. The minimum absolute atomic E-state index is 0.00223. The number of hydrogen-bond acceptors (Lipinski definition) is 2. The summed E-state index contributed by atoms with van der Waals surface area (Å²) in [5, 5.41) is 0. The summed E-state index contributed by atoms with van der Waals surface area (Å²) in [5.41, 5.74) is 3.07. The molecule has 0 saturated heterocycles. The molecular weight excluding hydrogens is 502 g/mol. The van der Waals surface area contributed by atoms with Crippen LogP contribution >= 0.6 is 0 Å². The zero-order valence-corrected chi connectivity index (χ0v) is 24.8. The highest BCUT2D eigenvalue weighted by Gasteiger charge is 2.36. The van der Waals surface area contributed by atoms with Gasteiger partial charge in [0.1, 0.15) is 0 Å². The second-order valence-electron chi connectivity index (χ2n) is 13.1. The monoisotopic (exact) mass is 552 g/mol. The topological polar surface area (TPSA) is 18.5 Å². The standard InChI is InChI=1S/C36H50F2O2/c1-3-5-25-12-15-29(16-13-25)31-19-18-30-22-27(14-17-32(30)23-31)9-6-26-7-10-28(11-8-26)24-40-34-21-20-33(39-4-2)35(37)36(34)38/h12-13,15-16,20-21,26-28,30-32H,3-11,14,17-19,22-24H2,1-2H3. The highest BCUT2D eigenvalue weighted by Crippen LogP contribution is 2.49. The predicted octanol–water partition coefficient (Wildman–Crippen LogP) is 10.3. The van der Waals surface area contributed by atoms with Crippen molar-refractivity contribution in [1.29, 1.82) is 0 Å². The molecule has 3 aliphatic carbocycles. The molecule has 220 valence electrons. The van der Waals surface area contributed by atoms with Crippen molar-refractivity contribution < 1.29 is 18.3 Å². The molecular formula is C36H50F2O2. The molecule has 0 radical (unpaired) electrons. The van der Waals surface area contributed by atoms with Crippen LogP contribution in [-0.4, -0.2) is 13.2 Å². The smallest absolute Gasteiger partial charge is 0.204 e. The van der Waals surface area contributed by atoms with E-state index in [1.165, 1.54) is 94.7 Å². The molecule has 0 heterocycles. The third kappa shape index (κ3) is 7.39. The van der Waals surface area contributed by atoms with Crippen molar-refractivity contribution in [2.75, 3.05) is 13.2 Å². The Kier molecular flexibility index (Phi) is 10.4. The van der Waals surface area contributed by atoms with Gasteiger partial charge < -0.3 is 9.47 Å². The van der Waals surface area contributed by atoms with Crippen molar-refractivity contribution in [3.8, 4) is 11.5 Å². The SMILES string of the molecule is CCCc1ccc(C2CCC3CC(CCC4CCC(COc5ccc(OCC)c(F)c5F)CC4)CCC3C2)cc1. The highest BCUT2D eigenvalue weighted by atomic mass is 19.2. The molecule has 4 heteroatoms. The van der Waals surface area contributed by atoms with Gasteiger partial charge in [0.05, 0.1) is 13.2 Å². The minimum atomic E-state index is -0.956. The summed E-state index contributed by atoms with van der Waals surface area (Å²) in [7, 11) is 0. The van der Waals surface area contributed by atoms with Crippen molar-refractivity contribution in [1.82, 2.24) is 0 Å². The zero-order valence-electron chi connectivity index (χ0n) is 24.8. The van der Waals surface area contributed by atoms with Crippen LogP contribution in [0.4, 0.5) is 8.78 Å². The maximum absolute atomic E-state index is 14.3. The molecule has 4 atom stereocenters. The van der Waals surface area contributed by atoms with Crippen LogP contribution < -0.4 is 9.47 Å². The van der Waals surface area contributed by atoms with Gasteiger partial charge in [-0.25, -0.2) is 0 Å². The Hall–Kier alpha value is -2.10. The molecule has 4 unspecified atom stereocenters. The fraction of sp³-hybridized carbons (Fsp3) is 0.667. The largest absolute Gasteiger partial charge is 0.491 e. The third-order valence-electron chi connectivity index (χ3n) is 10.4. The Labute approximate surface area is 241 Å². The molecule has 3 fully saturated rings. The number of rotatable bonds is 11. The van der Waals surface area contributed by atoms with E-state index >= 15 is 0 Å². The van der Waals surface area contributed by atoms with Gasteiger partial charge in [-0.1, -0.05) is 69.7 Å². The van der Waals surface area contributed by atoms with E-state index in [0.717, 1.165) is 42.4 Å². The summed E-state index contributed by atoms with van der Waals surface area (Å²) in [6.07, 6.45) is 18.4. The molecule has 0 N–H and O–H groups in total. The normalized spacial score (nSPS) is 28.6. The second-order valence-corrected chi connectivity index (χ2v) is 13.1. The summed E-state index contributed by atoms with van der Waals surface area (Å²) in [4.78, 5) is 0. The fourth-order valence-electron chi connectivity index (χ4n) is 8.05. The van der Waals surface area contributed by atoms with Crippen LogP contribution in [0.2, 0.25) is 0 Å². The molecule has 2 aromatic rings. The average Bonchev–Trinajstić information content (AvgIpc) is 2.99. The van der Waals surface area contributed by atoms with Gasteiger partial charge in [0.2, 0.25) is 11.6 Å². The maximum atomic E-state index is 14.3. The second kappa shape index (κ2) is 14.2. The van der Waals surface area contributed by atoms with Gasteiger partial charge in [-0.2, -0.15) is 8.78 Å². The number of ether oxygens (including phenoxy) is 2. The van der Waals surface area contributed by atoms with E-state index in [4.69, 9.17) is 9.47 Å². The summed E-state index contributed by atoms with van der Waals surface area (Å²) >= 11 is 0. The molecule has 0 bridgehead atoms. The van der Waals surface area contributed by atoms with Crippen LogP contribution in [0.15, 0.2) is 36.4 Å². The Morgan fingerprint density at radius 3 is 1.95 bits per heavy atom. The lowest BCUT2D eigenvalue weighted by atomic mass is 9.63. The van der Waals surface area contributed by atoms with E-state index in [2.05, 4.69) is 31.2 Å². The van der Waals surface area contributed by atoms with Crippen LogP contribution in [0.5, 0.6) is 11.5 Å². The first-order valence-corrected chi connectivity index (χ1v) is 16.4. The molecule has 2 nitrogen and oxygen atoms in total. The Morgan fingerprint density at radius 1 is 0.650 bits per heavy atom. The first-order valence-electron chi connectivity index (χ1n) is 16.4. The molecule has 3 aliphatic rings. The van der Waals surface area contributed by atoms with Gasteiger partial charge in [-0.15, -0.1) is 0 Å². The maximum Gasteiger partial charge on any atom is 0.204 e. The summed E-state index contributed by atoms with van der Waals surface area (Å²) < 4.78 is 39.3. The van der Waals surface area contributed by atoms with Gasteiger partial charge in [-0.3, -0.25) is 0 Å². The lowest BCUT2D eigenvalue weighted by Crippen LogP contribution is -2.30. The van der Waals surface area contributed by atoms with E-state index in [1.54, 1.807) is 12.5 Å². The van der Waals surface area contributed by atoms with Crippen molar-refractivity contribution in [3.05, 3.63) is 59.2 Å². The van der Waals surface area contributed by atoms with Crippen molar-refractivity contribution in [2.24, 2.45) is 29.6 Å². The Bertz CT molecular complexity index is 1060. The van der Waals surface area contributed by atoms with Gasteiger partial charge in [-0.05, 0) is 117 Å². The third-order valence-corrected chi connectivity index (χ3v) is 10.4. The quantitative estimate of drug-likeness (QED) is 0.276. The van der Waals surface area contributed by atoms with Crippen molar-refractivity contribution in [3.63, 3.8) is 0 Å². The zero-order chi connectivity index (χ0) is 27.9. The first-order chi connectivity index (χ1) is 19.5. The molecule has 40 heavy (non-hydrogen) atoms. The number of halogens is 2. The predicted molar refractivity (Wildman–Crippen MR) is 159 cm³/mol. The van der Waals surface area contributed by atoms with E-state index in [-0.39, 0.29) is 11.5 Å².